The van der Waals surface area contributed by atoms with E-state index in [0.717, 1.165) is 18.5 Å². The zero-order valence-electron chi connectivity index (χ0n) is 10.6. The van der Waals surface area contributed by atoms with Gasteiger partial charge in [-0.1, -0.05) is 0 Å². The van der Waals surface area contributed by atoms with E-state index in [0.29, 0.717) is 6.04 Å². The highest BCUT2D eigenvalue weighted by Gasteiger charge is 2.40. The Labute approximate surface area is 108 Å². The number of rotatable bonds is 4. The van der Waals surface area contributed by atoms with Crippen LogP contribution in [0, 0.1) is 5.92 Å². The van der Waals surface area contributed by atoms with Crippen LogP contribution < -0.4 is 5.32 Å². The zero-order chi connectivity index (χ0) is 11.7. The van der Waals surface area contributed by atoms with Gasteiger partial charge in [-0.15, -0.1) is 0 Å². The minimum Gasteiger partial charge on any atom is -0.319 e. The summed E-state index contributed by atoms with van der Waals surface area (Å²) in [5.74, 6) is 0.795. The van der Waals surface area contributed by atoms with Gasteiger partial charge in [0.2, 0.25) is 0 Å². The molecule has 1 N–H and O–H groups in total. The van der Waals surface area contributed by atoms with Crippen molar-refractivity contribution in [2.75, 3.05) is 20.1 Å². The first-order chi connectivity index (χ1) is 8.40. The van der Waals surface area contributed by atoms with Gasteiger partial charge >= 0.3 is 0 Å². The second-order valence-electron chi connectivity index (χ2n) is 5.43. The molecule has 0 aromatic carbocycles. The lowest BCUT2D eigenvalue weighted by atomic mass is 9.85. The first-order valence-electron chi connectivity index (χ1n) is 6.82. The predicted molar refractivity (Wildman–Crippen MR) is 73.4 cm³/mol. The van der Waals surface area contributed by atoms with Gasteiger partial charge < -0.3 is 5.32 Å². The van der Waals surface area contributed by atoms with Crippen molar-refractivity contribution in [3.8, 4) is 0 Å². The van der Waals surface area contributed by atoms with Crippen molar-refractivity contribution in [3.63, 3.8) is 0 Å². The van der Waals surface area contributed by atoms with Gasteiger partial charge in [-0.2, -0.15) is 11.3 Å². The Morgan fingerprint density at radius 1 is 1.41 bits per heavy atom. The van der Waals surface area contributed by atoms with Crippen molar-refractivity contribution in [2.24, 2.45) is 5.92 Å². The smallest absolute Gasteiger partial charge is 0.0399 e. The summed E-state index contributed by atoms with van der Waals surface area (Å²) < 4.78 is 0. The van der Waals surface area contributed by atoms with Gasteiger partial charge in [0.15, 0.2) is 0 Å². The van der Waals surface area contributed by atoms with E-state index in [1.165, 1.54) is 32.2 Å². The molecular formula is C14H22N2S. The van der Waals surface area contributed by atoms with Crippen LogP contribution in [-0.4, -0.2) is 31.1 Å². The second kappa shape index (κ2) is 5.09. The molecule has 2 nitrogen and oxygen atoms in total. The Bertz CT molecular complexity index is 343. The average molecular weight is 250 g/mol. The molecule has 0 spiro atoms. The summed E-state index contributed by atoms with van der Waals surface area (Å²) in [6, 6.07) is 3.90. The maximum absolute atomic E-state index is 3.39. The minimum absolute atomic E-state index is 0.676. The number of hydrogen-bond acceptors (Lipinski definition) is 3. The van der Waals surface area contributed by atoms with Crippen LogP contribution in [0.3, 0.4) is 0 Å². The molecule has 1 saturated carbocycles. The molecule has 2 fully saturated rings. The van der Waals surface area contributed by atoms with Crippen LogP contribution in [0.4, 0.5) is 0 Å². The Hall–Kier alpha value is -0.380. The van der Waals surface area contributed by atoms with Gasteiger partial charge in [0.05, 0.1) is 0 Å². The highest BCUT2D eigenvalue weighted by molar-refractivity contribution is 7.07. The highest BCUT2D eigenvalue weighted by Crippen LogP contribution is 2.43. The monoisotopic (exact) mass is 250 g/mol. The Kier molecular flexibility index (Phi) is 3.50. The summed E-state index contributed by atoms with van der Waals surface area (Å²) in [6.45, 7) is 2.47. The summed E-state index contributed by atoms with van der Waals surface area (Å²) in [5.41, 5.74) is 1.56. The van der Waals surface area contributed by atoms with E-state index in [4.69, 9.17) is 0 Å². The standard InChI is InChI=1S/C14H22N2S/c1-15-9-11-3-2-7-16(13-4-5-13)14(11)12-6-8-17-10-12/h6,8,10-11,13-15H,2-5,7,9H2,1H3. The number of nitrogens with one attached hydrogen (secondary N) is 1. The highest BCUT2D eigenvalue weighted by atomic mass is 32.1. The quantitative estimate of drug-likeness (QED) is 0.884. The van der Waals surface area contributed by atoms with Crippen LogP contribution >= 0.6 is 11.3 Å². The van der Waals surface area contributed by atoms with Gasteiger partial charge in [0.1, 0.15) is 0 Å². The molecule has 1 saturated heterocycles. The van der Waals surface area contributed by atoms with E-state index < -0.39 is 0 Å². The third-order valence-corrected chi connectivity index (χ3v) is 4.86. The third kappa shape index (κ3) is 2.42. The first kappa shape index (κ1) is 11.7. The van der Waals surface area contributed by atoms with Crippen molar-refractivity contribution >= 4 is 11.3 Å². The number of piperidine rings is 1. The molecule has 2 unspecified atom stereocenters. The lowest BCUT2D eigenvalue weighted by Crippen LogP contribution is -2.43. The van der Waals surface area contributed by atoms with Crippen molar-refractivity contribution < 1.29 is 0 Å². The molecule has 1 aliphatic carbocycles. The van der Waals surface area contributed by atoms with Gasteiger partial charge in [-0.05, 0) is 74.1 Å². The summed E-state index contributed by atoms with van der Waals surface area (Å²) in [5, 5.41) is 7.97. The van der Waals surface area contributed by atoms with Crippen molar-refractivity contribution in [3.05, 3.63) is 22.4 Å². The van der Waals surface area contributed by atoms with E-state index in [-0.39, 0.29) is 0 Å². The molecule has 1 aromatic heterocycles. The molecule has 2 atom stereocenters. The lowest BCUT2D eigenvalue weighted by Gasteiger charge is -2.41. The maximum atomic E-state index is 3.39. The van der Waals surface area contributed by atoms with E-state index in [1.54, 1.807) is 5.56 Å². The summed E-state index contributed by atoms with van der Waals surface area (Å²) >= 11 is 1.84. The zero-order valence-corrected chi connectivity index (χ0v) is 11.4. The van der Waals surface area contributed by atoms with Crippen molar-refractivity contribution in [1.29, 1.82) is 0 Å². The number of nitrogens with zero attached hydrogens (tertiary/aromatic N) is 1. The van der Waals surface area contributed by atoms with Gasteiger partial charge in [0, 0.05) is 12.1 Å². The van der Waals surface area contributed by atoms with Gasteiger partial charge in [0.25, 0.3) is 0 Å². The van der Waals surface area contributed by atoms with E-state index in [9.17, 15) is 0 Å². The number of hydrogen-bond donors (Lipinski definition) is 1. The third-order valence-electron chi connectivity index (χ3n) is 4.16. The van der Waals surface area contributed by atoms with Gasteiger partial charge in [-0.25, -0.2) is 0 Å². The molecule has 0 amide bonds. The van der Waals surface area contributed by atoms with Crippen LogP contribution in [0.15, 0.2) is 16.8 Å². The summed E-state index contributed by atoms with van der Waals surface area (Å²) in [7, 11) is 2.08. The largest absolute Gasteiger partial charge is 0.319 e. The van der Waals surface area contributed by atoms with Crippen LogP contribution in [0.25, 0.3) is 0 Å². The van der Waals surface area contributed by atoms with Crippen molar-refractivity contribution in [1.82, 2.24) is 10.2 Å². The van der Waals surface area contributed by atoms with E-state index in [2.05, 4.69) is 34.1 Å². The van der Waals surface area contributed by atoms with Crippen LogP contribution in [-0.2, 0) is 0 Å². The summed E-state index contributed by atoms with van der Waals surface area (Å²) in [6.07, 6.45) is 5.61. The molecule has 17 heavy (non-hydrogen) atoms. The topological polar surface area (TPSA) is 15.3 Å². The Balaban J connectivity index is 1.83. The molecule has 3 rings (SSSR count). The van der Waals surface area contributed by atoms with Crippen molar-refractivity contribution in [2.45, 2.75) is 37.8 Å². The average Bonchev–Trinajstić information content (AvgIpc) is 3.06. The van der Waals surface area contributed by atoms with Crippen LogP contribution in [0.2, 0.25) is 0 Å². The molecule has 2 heterocycles. The molecular weight excluding hydrogens is 228 g/mol. The molecule has 1 aromatic rings. The Morgan fingerprint density at radius 3 is 2.94 bits per heavy atom. The molecule has 94 valence electrons. The van der Waals surface area contributed by atoms with Crippen LogP contribution in [0.5, 0.6) is 0 Å². The fraction of sp³-hybridized carbons (Fsp3) is 0.714. The molecule has 2 aliphatic rings. The SMILES string of the molecule is CNCC1CCCN(C2CC2)C1c1ccsc1. The lowest BCUT2D eigenvalue weighted by molar-refractivity contribution is 0.0848. The molecule has 0 bridgehead atoms. The summed E-state index contributed by atoms with van der Waals surface area (Å²) in [4.78, 5) is 2.79. The Morgan fingerprint density at radius 2 is 2.29 bits per heavy atom. The molecule has 3 heteroatoms. The molecule has 1 aliphatic heterocycles. The van der Waals surface area contributed by atoms with E-state index >= 15 is 0 Å². The normalized spacial score (nSPS) is 30.6. The minimum atomic E-state index is 0.676. The number of thiophene rings is 1. The first-order valence-corrected chi connectivity index (χ1v) is 7.77. The van der Waals surface area contributed by atoms with E-state index in [1.807, 2.05) is 11.3 Å². The number of likely N-dealkylation sites (tertiary alicyclic amines) is 1. The predicted octanol–water partition coefficient (Wildman–Crippen LogP) is 2.88. The second-order valence-corrected chi connectivity index (χ2v) is 6.21. The van der Waals surface area contributed by atoms with Crippen LogP contribution in [0.1, 0.15) is 37.3 Å². The fourth-order valence-corrected chi connectivity index (χ4v) is 3.99. The fourth-order valence-electron chi connectivity index (χ4n) is 3.30. The maximum Gasteiger partial charge on any atom is 0.0399 e. The molecule has 0 radical (unpaired) electrons. The van der Waals surface area contributed by atoms with Gasteiger partial charge in [-0.3, -0.25) is 4.90 Å².